The predicted molar refractivity (Wildman–Crippen MR) is 99.1 cm³/mol. The van der Waals surface area contributed by atoms with E-state index in [2.05, 4.69) is 4.98 Å². The van der Waals surface area contributed by atoms with Crippen LogP contribution >= 0.6 is 0 Å². The normalized spacial score (nSPS) is 10.5. The molecule has 9 heteroatoms. The van der Waals surface area contributed by atoms with Gasteiger partial charge in [0.05, 0.1) is 17.8 Å². The van der Waals surface area contributed by atoms with E-state index >= 15 is 0 Å². The second-order valence-corrected chi connectivity index (χ2v) is 5.94. The number of imidazole rings is 1. The van der Waals surface area contributed by atoms with Crippen molar-refractivity contribution in [1.29, 1.82) is 0 Å². The molecule has 0 fully saturated rings. The number of halogens is 1. The first kappa shape index (κ1) is 19.0. The molecular formula is C19H17FN4O4. The van der Waals surface area contributed by atoms with Gasteiger partial charge in [0, 0.05) is 31.1 Å². The van der Waals surface area contributed by atoms with Crippen molar-refractivity contribution in [2.75, 3.05) is 20.2 Å². The molecule has 28 heavy (non-hydrogen) atoms. The third kappa shape index (κ3) is 4.14. The first-order chi connectivity index (χ1) is 13.5. The lowest BCUT2D eigenvalue weighted by Crippen LogP contribution is -2.31. The van der Waals surface area contributed by atoms with E-state index in [1.807, 2.05) is 0 Å². The first-order valence-electron chi connectivity index (χ1n) is 8.37. The minimum absolute atomic E-state index is 0.0817. The van der Waals surface area contributed by atoms with E-state index in [9.17, 15) is 19.3 Å². The average Bonchev–Trinajstić information content (AvgIpc) is 3.23. The number of hydrogen-bond acceptors (Lipinski definition) is 5. The number of likely N-dealkylation sites (N-methyl/N-ethyl adjacent to an activating group) is 1. The fourth-order valence-corrected chi connectivity index (χ4v) is 2.60. The molecule has 0 aliphatic heterocycles. The van der Waals surface area contributed by atoms with E-state index < -0.39 is 16.6 Å². The topological polar surface area (TPSA) is 90.5 Å². The number of amides is 1. The van der Waals surface area contributed by atoms with Crippen LogP contribution in [-0.4, -0.2) is 45.5 Å². The Bertz CT molecular complexity index is 991. The summed E-state index contributed by atoms with van der Waals surface area (Å²) in [6.07, 6.45) is 4.53. The molecule has 0 spiro atoms. The molecule has 8 nitrogen and oxygen atoms in total. The van der Waals surface area contributed by atoms with Gasteiger partial charge in [-0.3, -0.25) is 14.9 Å². The number of nitro benzene ring substituents is 1. The van der Waals surface area contributed by atoms with Crippen molar-refractivity contribution in [1.82, 2.24) is 14.5 Å². The lowest BCUT2D eigenvalue weighted by molar-refractivity contribution is -0.384. The molecule has 1 aromatic heterocycles. The number of rotatable bonds is 7. The van der Waals surface area contributed by atoms with E-state index in [-0.39, 0.29) is 30.2 Å². The van der Waals surface area contributed by atoms with E-state index in [1.165, 1.54) is 52.3 Å². The van der Waals surface area contributed by atoms with E-state index in [4.69, 9.17) is 4.74 Å². The highest BCUT2D eigenvalue weighted by atomic mass is 19.1. The van der Waals surface area contributed by atoms with Crippen molar-refractivity contribution in [2.24, 2.45) is 0 Å². The summed E-state index contributed by atoms with van der Waals surface area (Å²) in [5.74, 6) is -0.789. The monoisotopic (exact) mass is 384 g/mol. The van der Waals surface area contributed by atoms with Crippen LogP contribution in [0.1, 0.15) is 10.4 Å². The maximum Gasteiger partial charge on any atom is 0.294 e. The van der Waals surface area contributed by atoms with Gasteiger partial charge < -0.3 is 14.2 Å². The van der Waals surface area contributed by atoms with Gasteiger partial charge in [0.1, 0.15) is 12.3 Å². The number of nitro groups is 1. The molecule has 3 rings (SSSR count). The Kier molecular flexibility index (Phi) is 5.64. The maximum atomic E-state index is 13.5. The van der Waals surface area contributed by atoms with Gasteiger partial charge in [-0.1, -0.05) is 12.1 Å². The Morgan fingerprint density at radius 2 is 2.11 bits per heavy atom. The lowest BCUT2D eigenvalue weighted by Gasteiger charge is -2.18. The van der Waals surface area contributed by atoms with Crippen LogP contribution in [0.3, 0.4) is 0 Å². The zero-order chi connectivity index (χ0) is 20.1. The summed E-state index contributed by atoms with van der Waals surface area (Å²) in [5, 5.41) is 11.4. The number of para-hydroxylation sites is 1. The van der Waals surface area contributed by atoms with Gasteiger partial charge in [0.2, 0.25) is 0 Å². The maximum absolute atomic E-state index is 13.5. The van der Waals surface area contributed by atoms with Crippen LogP contribution in [0.25, 0.3) is 5.69 Å². The van der Waals surface area contributed by atoms with Gasteiger partial charge in [-0.25, -0.2) is 9.37 Å². The summed E-state index contributed by atoms with van der Waals surface area (Å²) in [6, 6.07) is 10.2. The van der Waals surface area contributed by atoms with Crippen molar-refractivity contribution >= 4 is 11.6 Å². The number of ether oxygens (including phenoxy) is 1. The SMILES string of the molecule is CN(CCOc1ccccc1F)C(=O)c1ccc(-n2ccnc2)c([N+](=O)[O-])c1. The van der Waals surface area contributed by atoms with Crippen molar-refractivity contribution < 1.29 is 18.8 Å². The fourth-order valence-electron chi connectivity index (χ4n) is 2.60. The summed E-state index contributed by atoms with van der Waals surface area (Å²) in [7, 11) is 1.54. The number of hydrogen-bond donors (Lipinski definition) is 0. The third-order valence-corrected chi connectivity index (χ3v) is 4.07. The number of aromatic nitrogens is 2. The molecule has 0 aliphatic rings. The quantitative estimate of drug-likeness (QED) is 0.461. The van der Waals surface area contributed by atoms with E-state index in [1.54, 1.807) is 25.4 Å². The van der Waals surface area contributed by atoms with Gasteiger partial charge >= 0.3 is 0 Å². The van der Waals surface area contributed by atoms with Gasteiger partial charge in [-0.05, 0) is 24.3 Å². The summed E-state index contributed by atoms with van der Waals surface area (Å²) in [6.45, 7) is 0.266. The third-order valence-electron chi connectivity index (χ3n) is 4.07. The minimum atomic E-state index is -0.548. The van der Waals surface area contributed by atoms with Crippen LogP contribution in [0.4, 0.5) is 10.1 Å². The molecule has 0 unspecified atom stereocenters. The summed E-state index contributed by atoms with van der Waals surface area (Å²) >= 11 is 0. The molecule has 0 N–H and O–H groups in total. The Balaban J connectivity index is 1.70. The predicted octanol–water partition coefficient (Wildman–Crippen LogP) is 3.07. The van der Waals surface area contributed by atoms with Crippen LogP contribution in [0.2, 0.25) is 0 Å². The Morgan fingerprint density at radius 3 is 2.79 bits per heavy atom. The highest BCUT2D eigenvalue weighted by Crippen LogP contribution is 2.24. The Labute approximate surface area is 159 Å². The van der Waals surface area contributed by atoms with Gasteiger partial charge in [0.25, 0.3) is 11.6 Å². The van der Waals surface area contributed by atoms with Gasteiger partial charge in [0.15, 0.2) is 11.6 Å². The number of benzene rings is 2. The van der Waals surface area contributed by atoms with Crippen LogP contribution < -0.4 is 4.74 Å². The highest BCUT2D eigenvalue weighted by Gasteiger charge is 2.20. The summed E-state index contributed by atoms with van der Waals surface area (Å²) in [4.78, 5) is 28.7. The largest absolute Gasteiger partial charge is 0.489 e. The van der Waals surface area contributed by atoms with Crippen LogP contribution in [0.5, 0.6) is 5.75 Å². The summed E-state index contributed by atoms with van der Waals surface area (Å²) < 4.78 is 20.4. The fraction of sp³-hybridized carbons (Fsp3) is 0.158. The van der Waals surface area contributed by atoms with Crippen molar-refractivity contribution in [3.63, 3.8) is 0 Å². The molecule has 0 radical (unpaired) electrons. The van der Waals surface area contributed by atoms with Crippen LogP contribution in [0, 0.1) is 15.9 Å². The Morgan fingerprint density at radius 1 is 1.32 bits per heavy atom. The summed E-state index contributed by atoms with van der Waals surface area (Å²) in [5.41, 5.74) is 0.272. The molecule has 0 bridgehead atoms. The minimum Gasteiger partial charge on any atom is -0.489 e. The second kappa shape index (κ2) is 8.30. The van der Waals surface area contributed by atoms with Crippen LogP contribution in [-0.2, 0) is 0 Å². The molecule has 1 heterocycles. The molecule has 144 valence electrons. The van der Waals surface area contributed by atoms with E-state index in [0.29, 0.717) is 5.69 Å². The van der Waals surface area contributed by atoms with Crippen LogP contribution in [0.15, 0.2) is 61.2 Å². The van der Waals surface area contributed by atoms with Crippen molar-refractivity contribution in [2.45, 2.75) is 0 Å². The molecule has 0 aliphatic carbocycles. The molecule has 0 saturated heterocycles. The molecule has 3 aromatic rings. The molecular weight excluding hydrogens is 367 g/mol. The average molecular weight is 384 g/mol. The number of carbonyl (C=O) groups is 1. The molecule has 2 aromatic carbocycles. The van der Waals surface area contributed by atoms with E-state index in [0.717, 1.165) is 0 Å². The second-order valence-electron chi connectivity index (χ2n) is 5.94. The first-order valence-corrected chi connectivity index (χ1v) is 8.37. The number of nitrogens with zero attached hydrogens (tertiary/aromatic N) is 4. The number of carbonyl (C=O) groups excluding carboxylic acids is 1. The zero-order valence-corrected chi connectivity index (χ0v) is 15.0. The zero-order valence-electron chi connectivity index (χ0n) is 15.0. The van der Waals surface area contributed by atoms with Gasteiger partial charge in [-0.2, -0.15) is 0 Å². The van der Waals surface area contributed by atoms with Crippen molar-refractivity contribution in [3.8, 4) is 11.4 Å². The van der Waals surface area contributed by atoms with Gasteiger partial charge in [-0.15, -0.1) is 0 Å². The highest BCUT2D eigenvalue weighted by molar-refractivity contribution is 5.95. The molecule has 0 atom stereocenters. The standard InChI is InChI=1S/C19H17FN4O4/c1-22(10-11-28-18-5-3-2-4-15(18)20)19(25)14-6-7-16(17(12-14)24(26)27)23-9-8-21-13-23/h2-9,12-13H,10-11H2,1H3. The Hall–Kier alpha value is -3.75. The van der Waals surface area contributed by atoms with Crippen molar-refractivity contribution in [3.05, 3.63) is 82.7 Å². The smallest absolute Gasteiger partial charge is 0.294 e. The lowest BCUT2D eigenvalue weighted by atomic mass is 10.1. The molecule has 0 saturated carbocycles. The molecule has 1 amide bonds.